The third-order valence-electron chi connectivity index (χ3n) is 8.64. The summed E-state index contributed by atoms with van der Waals surface area (Å²) < 4.78 is 5.09. The highest BCUT2D eigenvalue weighted by molar-refractivity contribution is 5.92. The minimum absolute atomic E-state index is 0.0140. The number of Topliss-reactive ketones (excluding diaryl/α,β-unsaturated/α-hetero) is 1. The van der Waals surface area contributed by atoms with Gasteiger partial charge in [0.2, 0.25) is 0 Å². The van der Waals surface area contributed by atoms with Crippen LogP contribution in [0.25, 0.3) is 0 Å². The Morgan fingerprint density at radius 3 is 2.52 bits per heavy atom. The Morgan fingerprint density at radius 1 is 1.09 bits per heavy atom. The lowest BCUT2D eigenvalue weighted by molar-refractivity contribution is -0.152. The second kappa shape index (κ2) is 9.94. The summed E-state index contributed by atoms with van der Waals surface area (Å²) in [6.45, 7) is 8.24. The lowest BCUT2D eigenvalue weighted by Gasteiger charge is -2.53. The van der Waals surface area contributed by atoms with Crippen molar-refractivity contribution in [3.63, 3.8) is 0 Å². The van der Waals surface area contributed by atoms with Gasteiger partial charge in [-0.05, 0) is 61.9 Å². The first-order chi connectivity index (χ1) is 15.6. The van der Waals surface area contributed by atoms with Gasteiger partial charge in [0.15, 0.2) is 11.6 Å². The van der Waals surface area contributed by atoms with E-state index in [4.69, 9.17) is 9.84 Å². The number of carboxylic acids is 1. The number of esters is 1. The number of hydrogen-bond acceptors (Lipinski definition) is 5. The molecular formula is C27H38O6. The van der Waals surface area contributed by atoms with E-state index in [1.54, 1.807) is 0 Å². The van der Waals surface area contributed by atoms with Crippen molar-refractivity contribution in [1.82, 2.24) is 0 Å². The minimum Gasteiger partial charge on any atom is -0.481 e. The zero-order valence-corrected chi connectivity index (χ0v) is 20.4. The van der Waals surface area contributed by atoms with Gasteiger partial charge in [-0.1, -0.05) is 44.9 Å². The van der Waals surface area contributed by atoms with Crippen LogP contribution in [0.3, 0.4) is 0 Å². The summed E-state index contributed by atoms with van der Waals surface area (Å²) in [4.78, 5) is 47.3. The average Bonchev–Trinajstić information content (AvgIpc) is 3.15. The summed E-state index contributed by atoms with van der Waals surface area (Å²) in [5.74, 6) is -0.744. The van der Waals surface area contributed by atoms with Crippen molar-refractivity contribution >= 4 is 23.5 Å². The van der Waals surface area contributed by atoms with Crippen molar-refractivity contribution in [3.8, 4) is 0 Å². The molecule has 6 heteroatoms. The maximum atomic E-state index is 13.0. The van der Waals surface area contributed by atoms with Gasteiger partial charge in [-0.2, -0.15) is 0 Å². The van der Waals surface area contributed by atoms with Gasteiger partial charge in [-0.15, -0.1) is 0 Å². The molecule has 6 nitrogen and oxygen atoms in total. The van der Waals surface area contributed by atoms with E-state index in [0.29, 0.717) is 18.3 Å². The lowest BCUT2D eigenvalue weighted by Crippen LogP contribution is -2.45. The Kier molecular flexibility index (Phi) is 7.65. The number of fused-ring (bicyclic) bond motifs is 5. The van der Waals surface area contributed by atoms with E-state index < -0.39 is 11.9 Å². The second-order valence-corrected chi connectivity index (χ2v) is 10.2. The van der Waals surface area contributed by atoms with E-state index in [1.807, 2.05) is 19.9 Å². The molecule has 4 aliphatic rings. The molecule has 0 amide bonds. The molecule has 5 unspecified atom stereocenters. The number of ketones is 2. The van der Waals surface area contributed by atoms with Gasteiger partial charge >= 0.3 is 11.9 Å². The quantitative estimate of drug-likeness (QED) is 0.441. The molecule has 0 aromatic carbocycles. The van der Waals surface area contributed by atoms with Crippen molar-refractivity contribution in [2.45, 2.75) is 85.5 Å². The molecule has 5 atom stereocenters. The first-order valence-electron chi connectivity index (χ1n) is 12.5. The molecule has 0 heterocycles. The van der Waals surface area contributed by atoms with Crippen molar-refractivity contribution in [3.05, 3.63) is 23.3 Å². The van der Waals surface area contributed by atoms with Crippen LogP contribution in [-0.4, -0.2) is 35.2 Å². The fourth-order valence-electron chi connectivity index (χ4n) is 6.92. The first-order valence-corrected chi connectivity index (χ1v) is 12.5. The molecule has 1 N–H and O–H groups in total. The third-order valence-corrected chi connectivity index (χ3v) is 8.64. The normalized spacial score (nSPS) is 34.4. The number of carboxylic acid groups (broad SMARTS) is 1. The van der Waals surface area contributed by atoms with Gasteiger partial charge in [0, 0.05) is 17.8 Å². The van der Waals surface area contributed by atoms with Gasteiger partial charge in [-0.25, -0.2) is 0 Å². The van der Waals surface area contributed by atoms with Crippen LogP contribution in [0.5, 0.6) is 0 Å². The standard InChI is InChI=1S/C25H32O6.C2H6/c1-24-11-9-16(26)13-15(24)3-4-17-18-5-6-20(25(18,2)12-10-19(17)24)21(27)14-31-23(30)8-7-22(28)29;1-2/h10,13,17-18,20H,3-9,11-12,14H2,1-2H3,(H,28,29);1-2H3. The van der Waals surface area contributed by atoms with Crippen molar-refractivity contribution in [2.24, 2.45) is 28.6 Å². The summed E-state index contributed by atoms with van der Waals surface area (Å²) in [5, 5.41) is 8.67. The highest BCUT2D eigenvalue weighted by Gasteiger charge is 2.57. The Balaban J connectivity index is 0.00000149. The van der Waals surface area contributed by atoms with E-state index in [2.05, 4.69) is 19.9 Å². The number of carbonyl (C=O) groups excluding carboxylic acids is 3. The molecule has 0 bridgehead atoms. The van der Waals surface area contributed by atoms with Crippen molar-refractivity contribution < 1.29 is 29.0 Å². The fourth-order valence-corrected chi connectivity index (χ4v) is 6.92. The molecule has 2 fully saturated rings. The highest BCUT2D eigenvalue weighted by Crippen LogP contribution is 2.64. The molecule has 2 saturated carbocycles. The number of aliphatic carboxylic acids is 1. The van der Waals surface area contributed by atoms with Crippen molar-refractivity contribution in [1.29, 1.82) is 0 Å². The van der Waals surface area contributed by atoms with Gasteiger partial charge < -0.3 is 9.84 Å². The molecule has 0 aromatic rings. The predicted octanol–water partition coefficient (Wildman–Crippen LogP) is 5.06. The maximum absolute atomic E-state index is 13.0. The number of allylic oxidation sites excluding steroid dienone is 4. The maximum Gasteiger partial charge on any atom is 0.306 e. The van der Waals surface area contributed by atoms with E-state index in [0.717, 1.165) is 38.5 Å². The van der Waals surface area contributed by atoms with E-state index in [9.17, 15) is 19.2 Å². The van der Waals surface area contributed by atoms with E-state index in [-0.39, 0.29) is 47.8 Å². The Hall–Kier alpha value is -2.24. The van der Waals surface area contributed by atoms with Gasteiger partial charge in [0.05, 0.1) is 12.8 Å². The summed E-state index contributed by atoms with van der Waals surface area (Å²) in [5.41, 5.74) is 2.61. The number of hydrogen-bond donors (Lipinski definition) is 1. The third kappa shape index (κ3) is 4.71. The smallest absolute Gasteiger partial charge is 0.306 e. The van der Waals surface area contributed by atoms with Crippen LogP contribution in [0.4, 0.5) is 0 Å². The van der Waals surface area contributed by atoms with Crippen LogP contribution < -0.4 is 0 Å². The molecule has 0 radical (unpaired) electrons. The van der Waals surface area contributed by atoms with Gasteiger partial charge in [0.25, 0.3) is 0 Å². The zero-order chi connectivity index (χ0) is 24.4. The largest absolute Gasteiger partial charge is 0.481 e. The SMILES string of the molecule is CC.CC12CCC(=O)C=C1CCC1C2=CCC2(C)C(C(=O)COC(=O)CCC(=O)O)CCC12. The second-order valence-electron chi connectivity index (χ2n) is 10.2. The van der Waals surface area contributed by atoms with Crippen LogP contribution in [-0.2, 0) is 23.9 Å². The summed E-state index contributed by atoms with van der Waals surface area (Å²) >= 11 is 0. The Bertz CT molecular complexity index is 883. The number of rotatable bonds is 6. The zero-order valence-electron chi connectivity index (χ0n) is 20.4. The summed E-state index contributed by atoms with van der Waals surface area (Å²) in [7, 11) is 0. The average molecular weight is 459 g/mol. The molecular weight excluding hydrogens is 420 g/mol. The monoisotopic (exact) mass is 458 g/mol. The van der Waals surface area contributed by atoms with Crippen LogP contribution in [0.15, 0.2) is 23.3 Å². The number of ether oxygens (including phenoxy) is 1. The molecule has 33 heavy (non-hydrogen) atoms. The highest BCUT2D eigenvalue weighted by atomic mass is 16.5. The molecule has 4 aliphatic carbocycles. The molecule has 0 aromatic heterocycles. The van der Waals surface area contributed by atoms with Crippen molar-refractivity contribution in [2.75, 3.05) is 6.61 Å². The first kappa shape index (κ1) is 25.4. The van der Waals surface area contributed by atoms with Gasteiger partial charge in [-0.3, -0.25) is 19.2 Å². The predicted molar refractivity (Wildman–Crippen MR) is 124 cm³/mol. The molecule has 182 valence electrons. The fraction of sp³-hybridized carbons (Fsp3) is 0.704. The van der Waals surface area contributed by atoms with Crippen LogP contribution in [0.1, 0.15) is 85.5 Å². The molecule has 4 rings (SSSR count). The Labute approximate surface area is 196 Å². The minimum atomic E-state index is -1.05. The molecule has 0 saturated heterocycles. The topological polar surface area (TPSA) is 97.7 Å². The number of carbonyl (C=O) groups is 4. The van der Waals surface area contributed by atoms with Crippen LogP contribution in [0.2, 0.25) is 0 Å². The molecule has 0 aliphatic heterocycles. The molecule has 0 spiro atoms. The summed E-state index contributed by atoms with van der Waals surface area (Å²) in [6.07, 6.45) is 9.87. The van der Waals surface area contributed by atoms with Crippen LogP contribution in [0, 0.1) is 28.6 Å². The van der Waals surface area contributed by atoms with E-state index in [1.165, 1.54) is 11.1 Å². The Morgan fingerprint density at radius 2 is 1.82 bits per heavy atom. The van der Waals surface area contributed by atoms with Gasteiger partial charge in [0.1, 0.15) is 6.61 Å². The lowest BCUT2D eigenvalue weighted by atomic mass is 9.51. The van der Waals surface area contributed by atoms with Crippen LogP contribution >= 0.6 is 0 Å². The summed E-state index contributed by atoms with van der Waals surface area (Å²) in [6, 6.07) is 0. The van der Waals surface area contributed by atoms with E-state index >= 15 is 0 Å².